The van der Waals surface area contributed by atoms with Crippen LogP contribution in [0.15, 0.2) is 12.1 Å². The lowest BCUT2D eigenvalue weighted by molar-refractivity contribution is -0.130. The molecule has 2 rings (SSSR count). The van der Waals surface area contributed by atoms with Crippen molar-refractivity contribution in [1.82, 2.24) is 4.90 Å². The molecule has 9 nitrogen and oxygen atoms in total. The van der Waals surface area contributed by atoms with Gasteiger partial charge in [0, 0.05) is 30.7 Å². The quantitative estimate of drug-likeness (QED) is 0.259. The van der Waals surface area contributed by atoms with Crippen molar-refractivity contribution in [3.63, 3.8) is 0 Å². The number of nitrogens with two attached hydrogens (primary N) is 1. The number of carbonyl (C=O) groups is 2. The molecule has 11 heteroatoms. The average molecular weight is 426 g/mol. The van der Waals surface area contributed by atoms with E-state index in [-0.39, 0.29) is 35.2 Å². The Hall–Kier alpha value is -1.95. The number of hydrogen-bond acceptors (Lipinski definition) is 8. The molecule has 1 saturated heterocycles. The van der Waals surface area contributed by atoms with E-state index in [1.807, 2.05) is 0 Å². The Morgan fingerprint density at radius 2 is 2.14 bits per heavy atom. The molecule has 6 N–H and O–H groups in total. The smallest absolute Gasteiger partial charge is 0.465 e. The molecule has 2 atom stereocenters. The fraction of sp³-hybridized carbons (Fsp3) is 0.556. The number of amides is 1. The first kappa shape index (κ1) is 23.3. The summed E-state index contributed by atoms with van der Waals surface area (Å²) in [6.07, 6.45) is 1.77. The van der Waals surface area contributed by atoms with Gasteiger partial charge in [-0.3, -0.25) is 4.79 Å². The number of thioether (sulfide) groups is 1. The zero-order valence-electron chi connectivity index (χ0n) is 16.3. The molecular formula is C18H27BN2O7S. The predicted molar refractivity (Wildman–Crippen MR) is 110 cm³/mol. The highest BCUT2D eigenvalue weighted by molar-refractivity contribution is 8.01. The Bertz CT molecular complexity index is 734. The maximum atomic E-state index is 12.1. The lowest BCUT2D eigenvalue weighted by Gasteiger charge is -2.18. The summed E-state index contributed by atoms with van der Waals surface area (Å²) in [4.78, 5) is 25.3. The molecule has 0 spiro atoms. The standard InChI is InChI=1S/C18H27BN2O7S/c1-28-13-5-4-11(17(23)16(13)18(24)25)9-14(19(26)27)29-8-2-3-15(22)21-7-6-12(20)10-21/h4-5,12,14,23,26-27H,2-3,6-10,20H2,1H3,(H,24,25). The molecule has 1 aromatic rings. The van der Waals surface area contributed by atoms with Crippen LogP contribution in [0, 0.1) is 0 Å². The van der Waals surface area contributed by atoms with Crippen LogP contribution in [-0.4, -0.2) is 81.3 Å². The molecule has 0 saturated carbocycles. The summed E-state index contributed by atoms with van der Waals surface area (Å²) in [5.41, 5.74) is 5.71. The van der Waals surface area contributed by atoms with Crippen molar-refractivity contribution in [3.8, 4) is 11.5 Å². The van der Waals surface area contributed by atoms with Gasteiger partial charge in [-0.05, 0) is 36.6 Å². The van der Waals surface area contributed by atoms with Gasteiger partial charge in [-0.1, -0.05) is 6.07 Å². The summed E-state index contributed by atoms with van der Waals surface area (Å²) < 4.78 is 4.96. The summed E-state index contributed by atoms with van der Waals surface area (Å²) in [6.45, 7) is 1.25. The van der Waals surface area contributed by atoms with Crippen LogP contribution >= 0.6 is 11.8 Å². The molecule has 0 radical (unpaired) electrons. The van der Waals surface area contributed by atoms with Gasteiger partial charge in [0.2, 0.25) is 5.91 Å². The lowest BCUT2D eigenvalue weighted by atomic mass is 9.81. The minimum Gasteiger partial charge on any atom is -0.507 e. The van der Waals surface area contributed by atoms with Crippen LogP contribution in [0.1, 0.15) is 35.2 Å². The monoisotopic (exact) mass is 426 g/mol. The Morgan fingerprint density at radius 1 is 1.41 bits per heavy atom. The van der Waals surface area contributed by atoms with Gasteiger partial charge in [-0.15, -0.1) is 0 Å². The summed E-state index contributed by atoms with van der Waals surface area (Å²) in [6, 6.07) is 2.95. The zero-order chi connectivity index (χ0) is 21.6. The fourth-order valence-electron chi connectivity index (χ4n) is 3.25. The number of nitrogens with zero attached hydrogens (tertiary/aromatic N) is 1. The van der Waals surface area contributed by atoms with Crippen LogP contribution in [-0.2, 0) is 11.2 Å². The molecule has 1 aliphatic rings. The van der Waals surface area contributed by atoms with Gasteiger partial charge in [-0.25, -0.2) is 4.79 Å². The van der Waals surface area contributed by atoms with Crippen LogP contribution in [0.4, 0.5) is 0 Å². The van der Waals surface area contributed by atoms with E-state index in [2.05, 4.69) is 0 Å². The SMILES string of the molecule is COc1ccc(CC(SCCCC(=O)N2CCC(N)C2)B(O)O)c(O)c1C(=O)O. The third-order valence-corrected chi connectivity index (χ3v) is 6.22. The van der Waals surface area contributed by atoms with Crippen LogP contribution in [0.25, 0.3) is 0 Å². The molecule has 29 heavy (non-hydrogen) atoms. The highest BCUT2D eigenvalue weighted by Crippen LogP contribution is 2.33. The van der Waals surface area contributed by atoms with E-state index in [0.717, 1.165) is 6.42 Å². The van der Waals surface area contributed by atoms with Crippen LogP contribution in [0.2, 0.25) is 0 Å². The van der Waals surface area contributed by atoms with Crippen molar-refractivity contribution in [1.29, 1.82) is 0 Å². The van der Waals surface area contributed by atoms with Crippen molar-refractivity contribution in [2.24, 2.45) is 5.73 Å². The fourth-order valence-corrected chi connectivity index (χ4v) is 4.34. The molecular weight excluding hydrogens is 399 g/mol. The largest absolute Gasteiger partial charge is 0.507 e. The number of aromatic hydroxyl groups is 1. The number of methoxy groups -OCH3 is 1. The number of ether oxygens (including phenoxy) is 1. The normalized spacial score (nSPS) is 17.2. The first-order valence-electron chi connectivity index (χ1n) is 9.37. The highest BCUT2D eigenvalue weighted by Gasteiger charge is 2.28. The van der Waals surface area contributed by atoms with Crippen LogP contribution < -0.4 is 10.5 Å². The van der Waals surface area contributed by atoms with Crippen molar-refractivity contribution in [2.75, 3.05) is 26.0 Å². The lowest BCUT2D eigenvalue weighted by Crippen LogP contribution is -2.32. The summed E-state index contributed by atoms with van der Waals surface area (Å²) in [7, 11) is -0.365. The van der Waals surface area contributed by atoms with Gasteiger partial charge >= 0.3 is 13.1 Å². The number of rotatable bonds is 10. The molecule has 1 aliphatic heterocycles. The molecule has 0 bridgehead atoms. The minimum atomic E-state index is -1.66. The second kappa shape index (κ2) is 10.7. The maximum absolute atomic E-state index is 12.1. The van der Waals surface area contributed by atoms with Crippen molar-refractivity contribution >= 4 is 30.8 Å². The Balaban J connectivity index is 1.93. The van der Waals surface area contributed by atoms with Crippen LogP contribution in [0.3, 0.4) is 0 Å². The summed E-state index contributed by atoms with van der Waals surface area (Å²) in [5.74, 6) is -1.22. The molecule has 1 amide bonds. The summed E-state index contributed by atoms with van der Waals surface area (Å²) >= 11 is 1.26. The third kappa shape index (κ3) is 6.27. The molecule has 0 aromatic heterocycles. The second-order valence-electron chi connectivity index (χ2n) is 6.97. The molecule has 1 heterocycles. The zero-order valence-corrected chi connectivity index (χ0v) is 17.1. The Morgan fingerprint density at radius 3 is 2.69 bits per heavy atom. The molecule has 1 fully saturated rings. The van der Waals surface area contributed by atoms with Gasteiger partial charge in [0.1, 0.15) is 17.1 Å². The highest BCUT2D eigenvalue weighted by atomic mass is 32.2. The van der Waals surface area contributed by atoms with E-state index < -0.39 is 24.0 Å². The van der Waals surface area contributed by atoms with E-state index >= 15 is 0 Å². The van der Waals surface area contributed by atoms with E-state index in [9.17, 15) is 29.9 Å². The Labute approximate surface area is 174 Å². The number of hydrogen-bond donors (Lipinski definition) is 5. The number of aromatic carboxylic acids is 1. The predicted octanol–water partition coefficient (Wildman–Crippen LogP) is 0.0951. The van der Waals surface area contributed by atoms with E-state index in [0.29, 0.717) is 31.7 Å². The molecule has 0 aliphatic carbocycles. The number of carboxylic acids is 1. The number of likely N-dealkylation sites (tertiary alicyclic amines) is 1. The minimum absolute atomic E-state index is 0.0210. The van der Waals surface area contributed by atoms with E-state index in [1.165, 1.54) is 31.0 Å². The molecule has 1 aromatic carbocycles. The van der Waals surface area contributed by atoms with Gasteiger partial charge < -0.3 is 35.6 Å². The molecule has 2 unspecified atom stereocenters. The Kier molecular flexibility index (Phi) is 8.63. The van der Waals surface area contributed by atoms with Crippen molar-refractivity contribution in [2.45, 2.75) is 36.9 Å². The van der Waals surface area contributed by atoms with Crippen LogP contribution in [0.5, 0.6) is 11.5 Å². The topological polar surface area (TPSA) is 154 Å². The summed E-state index contributed by atoms with van der Waals surface area (Å²) in [5, 5.41) is 38.2. The van der Waals surface area contributed by atoms with Gasteiger partial charge in [0.05, 0.1) is 7.11 Å². The maximum Gasteiger partial charge on any atom is 0.465 e. The van der Waals surface area contributed by atoms with Crippen molar-refractivity contribution in [3.05, 3.63) is 23.3 Å². The third-order valence-electron chi connectivity index (χ3n) is 4.85. The first-order valence-corrected chi connectivity index (χ1v) is 10.4. The molecule has 160 valence electrons. The average Bonchev–Trinajstić information content (AvgIpc) is 3.10. The number of carboxylic acid groups (broad SMARTS) is 1. The number of benzene rings is 1. The van der Waals surface area contributed by atoms with Gasteiger partial charge in [-0.2, -0.15) is 11.8 Å². The van der Waals surface area contributed by atoms with Crippen molar-refractivity contribution < 1.29 is 34.6 Å². The second-order valence-corrected chi connectivity index (χ2v) is 8.32. The first-order chi connectivity index (χ1) is 13.7. The van der Waals surface area contributed by atoms with Gasteiger partial charge in [0.25, 0.3) is 0 Å². The number of phenols is 1. The van der Waals surface area contributed by atoms with E-state index in [4.69, 9.17) is 10.5 Å². The van der Waals surface area contributed by atoms with Gasteiger partial charge in [0.15, 0.2) is 0 Å². The number of carbonyl (C=O) groups excluding carboxylic acids is 1. The van der Waals surface area contributed by atoms with E-state index in [1.54, 1.807) is 4.90 Å².